The highest BCUT2D eigenvalue weighted by molar-refractivity contribution is 4.89. The smallest absolute Gasteiger partial charge is 0.156 e. The van der Waals surface area contributed by atoms with E-state index in [4.69, 9.17) is 10.00 Å². The van der Waals surface area contributed by atoms with Gasteiger partial charge in [0.1, 0.15) is 0 Å². The summed E-state index contributed by atoms with van der Waals surface area (Å²) in [6, 6.07) is 2.10. The Morgan fingerprint density at radius 1 is 1.69 bits per heavy atom. The summed E-state index contributed by atoms with van der Waals surface area (Å²) in [4.78, 5) is 2.08. The first-order chi connectivity index (χ1) is 7.76. The Morgan fingerprint density at radius 3 is 3.19 bits per heavy atom. The van der Waals surface area contributed by atoms with Crippen LogP contribution in [0.25, 0.3) is 0 Å². The number of rotatable bonds is 6. The maximum atomic E-state index is 9.76. The molecule has 5 heteroatoms. The number of nitrogens with zero attached hydrogens (tertiary/aromatic N) is 2. The number of nitrogens with one attached hydrogen (secondary N) is 1. The van der Waals surface area contributed by atoms with Gasteiger partial charge in [0, 0.05) is 26.2 Å². The van der Waals surface area contributed by atoms with Crippen LogP contribution in [0.2, 0.25) is 0 Å². The molecule has 2 N–H and O–H groups in total. The molecule has 1 heterocycles. The van der Waals surface area contributed by atoms with Crippen LogP contribution in [0.5, 0.6) is 0 Å². The maximum Gasteiger partial charge on any atom is 0.156 e. The molecule has 2 unspecified atom stereocenters. The average molecular weight is 227 g/mol. The van der Waals surface area contributed by atoms with Gasteiger partial charge in [-0.3, -0.25) is 4.90 Å². The largest absolute Gasteiger partial charge is 0.390 e. The van der Waals surface area contributed by atoms with Crippen molar-refractivity contribution in [3.05, 3.63) is 0 Å². The van der Waals surface area contributed by atoms with Crippen molar-refractivity contribution in [2.75, 3.05) is 39.3 Å². The van der Waals surface area contributed by atoms with Crippen molar-refractivity contribution in [2.45, 2.75) is 25.6 Å². The molecule has 16 heavy (non-hydrogen) atoms. The minimum atomic E-state index is -0.371. The predicted octanol–water partition coefficient (Wildman–Crippen LogP) is -0.429. The Kier molecular flexibility index (Phi) is 6.34. The van der Waals surface area contributed by atoms with E-state index in [-0.39, 0.29) is 12.2 Å². The molecular formula is C11H21N3O2. The molecule has 2 atom stereocenters. The molecule has 0 spiro atoms. The Labute approximate surface area is 97.0 Å². The fraction of sp³-hybridized carbons (Fsp3) is 0.909. The van der Waals surface area contributed by atoms with Gasteiger partial charge in [-0.1, -0.05) is 6.92 Å². The average Bonchev–Trinajstić information content (AvgIpc) is 2.29. The van der Waals surface area contributed by atoms with Crippen molar-refractivity contribution in [1.82, 2.24) is 10.2 Å². The van der Waals surface area contributed by atoms with Gasteiger partial charge in [-0.05, 0) is 13.0 Å². The van der Waals surface area contributed by atoms with Gasteiger partial charge in [-0.25, -0.2) is 0 Å². The van der Waals surface area contributed by atoms with E-state index in [0.29, 0.717) is 26.2 Å². The maximum absolute atomic E-state index is 9.76. The molecule has 0 aromatic rings. The SMILES string of the molecule is CCCNCC(O)CN1CCOC(C#N)C1. The summed E-state index contributed by atoms with van der Waals surface area (Å²) in [7, 11) is 0. The molecule has 0 radical (unpaired) electrons. The number of hydrogen-bond donors (Lipinski definition) is 2. The number of β-amino-alcohol motifs (C(OH)–C–C–N with tert-alkyl or cyclic N) is 1. The summed E-state index contributed by atoms with van der Waals surface area (Å²) >= 11 is 0. The van der Waals surface area contributed by atoms with Crippen molar-refractivity contribution in [3.63, 3.8) is 0 Å². The molecule has 1 aliphatic heterocycles. The van der Waals surface area contributed by atoms with Crippen LogP contribution in [-0.2, 0) is 4.74 Å². The lowest BCUT2D eigenvalue weighted by atomic mass is 10.2. The molecule has 1 rings (SSSR count). The zero-order valence-corrected chi connectivity index (χ0v) is 9.85. The van der Waals surface area contributed by atoms with E-state index in [0.717, 1.165) is 19.5 Å². The van der Waals surface area contributed by atoms with Crippen molar-refractivity contribution >= 4 is 0 Å². The first kappa shape index (κ1) is 13.4. The molecule has 0 aromatic carbocycles. The van der Waals surface area contributed by atoms with Gasteiger partial charge in [0.05, 0.1) is 18.8 Å². The first-order valence-electron chi connectivity index (χ1n) is 5.88. The lowest BCUT2D eigenvalue weighted by molar-refractivity contribution is -0.0152. The summed E-state index contributed by atoms with van der Waals surface area (Å²) in [5.74, 6) is 0. The van der Waals surface area contributed by atoms with E-state index in [1.807, 2.05) is 0 Å². The van der Waals surface area contributed by atoms with Gasteiger partial charge < -0.3 is 15.2 Å². The third-order valence-corrected chi connectivity index (χ3v) is 2.57. The minimum Gasteiger partial charge on any atom is -0.390 e. The molecule has 1 fully saturated rings. The zero-order valence-electron chi connectivity index (χ0n) is 9.85. The Balaban J connectivity index is 2.17. The highest BCUT2D eigenvalue weighted by Gasteiger charge is 2.21. The van der Waals surface area contributed by atoms with E-state index >= 15 is 0 Å². The molecule has 0 aromatic heterocycles. The molecule has 92 valence electrons. The standard InChI is InChI=1S/C11H21N3O2/c1-2-3-13-7-10(15)8-14-4-5-16-11(6-12)9-14/h10-11,13,15H,2-5,7-9H2,1H3. The second kappa shape index (κ2) is 7.58. The molecular weight excluding hydrogens is 206 g/mol. The van der Waals surface area contributed by atoms with Crippen molar-refractivity contribution in [1.29, 1.82) is 5.26 Å². The van der Waals surface area contributed by atoms with Gasteiger partial charge >= 0.3 is 0 Å². The third kappa shape index (κ3) is 4.90. The quantitative estimate of drug-likeness (QED) is 0.603. The van der Waals surface area contributed by atoms with Crippen molar-refractivity contribution in [3.8, 4) is 6.07 Å². The summed E-state index contributed by atoms with van der Waals surface area (Å²) < 4.78 is 5.24. The van der Waals surface area contributed by atoms with E-state index in [1.54, 1.807) is 0 Å². The fourth-order valence-corrected chi connectivity index (χ4v) is 1.75. The van der Waals surface area contributed by atoms with Crippen molar-refractivity contribution < 1.29 is 9.84 Å². The lowest BCUT2D eigenvalue weighted by Gasteiger charge is -2.31. The van der Waals surface area contributed by atoms with E-state index < -0.39 is 0 Å². The second-order valence-electron chi connectivity index (χ2n) is 4.11. The van der Waals surface area contributed by atoms with Gasteiger partial charge in [-0.2, -0.15) is 5.26 Å². The Morgan fingerprint density at radius 2 is 2.50 bits per heavy atom. The number of morpholine rings is 1. The zero-order chi connectivity index (χ0) is 11.8. The summed E-state index contributed by atoms with van der Waals surface area (Å²) in [5.41, 5.74) is 0. The summed E-state index contributed by atoms with van der Waals surface area (Å²) in [5, 5.41) is 21.7. The molecule has 0 amide bonds. The molecule has 0 aliphatic carbocycles. The second-order valence-corrected chi connectivity index (χ2v) is 4.11. The van der Waals surface area contributed by atoms with Gasteiger partial charge in [0.15, 0.2) is 6.10 Å². The molecule has 5 nitrogen and oxygen atoms in total. The number of nitriles is 1. The van der Waals surface area contributed by atoms with Crippen LogP contribution in [0.1, 0.15) is 13.3 Å². The van der Waals surface area contributed by atoms with E-state index in [2.05, 4.69) is 23.2 Å². The molecule has 1 aliphatic rings. The van der Waals surface area contributed by atoms with E-state index in [1.165, 1.54) is 0 Å². The summed E-state index contributed by atoms with van der Waals surface area (Å²) in [6.07, 6.45) is 0.356. The first-order valence-corrected chi connectivity index (χ1v) is 5.88. The Hall–Kier alpha value is -0.670. The van der Waals surface area contributed by atoms with Crippen molar-refractivity contribution in [2.24, 2.45) is 0 Å². The topological polar surface area (TPSA) is 68.5 Å². The van der Waals surface area contributed by atoms with Crippen LogP contribution in [0.15, 0.2) is 0 Å². The number of aliphatic hydroxyl groups is 1. The minimum absolute atomic E-state index is 0.343. The van der Waals surface area contributed by atoms with Crippen LogP contribution in [-0.4, -0.2) is 61.5 Å². The number of hydrogen-bond acceptors (Lipinski definition) is 5. The normalized spacial score (nSPS) is 23.9. The van der Waals surface area contributed by atoms with Crippen LogP contribution >= 0.6 is 0 Å². The van der Waals surface area contributed by atoms with Gasteiger partial charge in [-0.15, -0.1) is 0 Å². The van der Waals surface area contributed by atoms with E-state index in [9.17, 15) is 5.11 Å². The fourth-order valence-electron chi connectivity index (χ4n) is 1.75. The number of ether oxygens (including phenoxy) is 1. The molecule has 1 saturated heterocycles. The third-order valence-electron chi connectivity index (χ3n) is 2.57. The summed E-state index contributed by atoms with van der Waals surface area (Å²) in [6.45, 7) is 6.22. The lowest BCUT2D eigenvalue weighted by Crippen LogP contribution is -2.46. The predicted molar refractivity (Wildman–Crippen MR) is 61.0 cm³/mol. The number of aliphatic hydroxyl groups excluding tert-OH is 1. The van der Waals surface area contributed by atoms with Crippen LogP contribution in [0.3, 0.4) is 0 Å². The van der Waals surface area contributed by atoms with Gasteiger partial charge in [0.2, 0.25) is 0 Å². The van der Waals surface area contributed by atoms with Crippen LogP contribution in [0, 0.1) is 11.3 Å². The highest BCUT2D eigenvalue weighted by atomic mass is 16.5. The highest BCUT2D eigenvalue weighted by Crippen LogP contribution is 2.04. The van der Waals surface area contributed by atoms with Gasteiger partial charge in [0.25, 0.3) is 0 Å². The van der Waals surface area contributed by atoms with Crippen LogP contribution < -0.4 is 5.32 Å². The monoisotopic (exact) mass is 227 g/mol. The molecule has 0 saturated carbocycles. The van der Waals surface area contributed by atoms with Crippen LogP contribution in [0.4, 0.5) is 0 Å². The Bertz CT molecular complexity index is 230. The molecule has 0 bridgehead atoms.